The van der Waals surface area contributed by atoms with Crippen LogP contribution in [-0.2, 0) is 9.53 Å². The molecule has 21 heavy (non-hydrogen) atoms. The summed E-state index contributed by atoms with van der Waals surface area (Å²) in [5.41, 5.74) is 0.481. The lowest BCUT2D eigenvalue weighted by Crippen LogP contribution is -2.39. The molecule has 0 aliphatic carbocycles. The highest BCUT2D eigenvalue weighted by Gasteiger charge is 2.25. The number of carbonyl (C=O) groups excluding carboxylic acids is 2. The summed E-state index contributed by atoms with van der Waals surface area (Å²) in [5, 5.41) is 3.02. The van der Waals surface area contributed by atoms with Gasteiger partial charge in [-0.15, -0.1) is 0 Å². The summed E-state index contributed by atoms with van der Waals surface area (Å²) >= 11 is 0. The Morgan fingerprint density at radius 1 is 1.29 bits per heavy atom. The van der Waals surface area contributed by atoms with Crippen LogP contribution in [0.15, 0.2) is 18.2 Å². The van der Waals surface area contributed by atoms with Crippen LogP contribution in [0, 0.1) is 0 Å². The summed E-state index contributed by atoms with van der Waals surface area (Å²) in [5.74, 6) is 0.616. The first-order valence-electron chi connectivity index (χ1n) is 6.98. The van der Waals surface area contributed by atoms with E-state index in [2.05, 4.69) is 5.32 Å². The molecule has 1 heterocycles. The maximum absolute atomic E-state index is 12.5. The van der Waals surface area contributed by atoms with Gasteiger partial charge in [0.1, 0.15) is 0 Å². The van der Waals surface area contributed by atoms with E-state index >= 15 is 0 Å². The van der Waals surface area contributed by atoms with Crippen LogP contribution in [0.25, 0.3) is 0 Å². The minimum Gasteiger partial charge on any atom is -0.466 e. The number of ether oxygens (including phenoxy) is 3. The largest absolute Gasteiger partial charge is 0.466 e. The van der Waals surface area contributed by atoms with Gasteiger partial charge in [0.05, 0.1) is 19.1 Å². The van der Waals surface area contributed by atoms with Crippen molar-refractivity contribution < 1.29 is 23.8 Å². The monoisotopic (exact) mass is 293 g/mol. The van der Waals surface area contributed by atoms with Gasteiger partial charge in [0, 0.05) is 5.56 Å². The number of rotatable bonds is 7. The Morgan fingerprint density at radius 3 is 2.76 bits per heavy atom. The molecule has 0 radical (unpaired) electrons. The van der Waals surface area contributed by atoms with Crippen molar-refractivity contribution in [2.45, 2.75) is 26.3 Å². The molecule has 6 heteroatoms. The molecule has 1 atom stereocenters. The Bertz CT molecular complexity index is 529. The first-order chi connectivity index (χ1) is 10.2. The topological polar surface area (TPSA) is 73.9 Å². The van der Waals surface area contributed by atoms with Crippen molar-refractivity contribution in [3.05, 3.63) is 23.8 Å². The quantitative estimate of drug-likeness (QED) is 0.607. The third kappa shape index (κ3) is 3.72. The molecular weight excluding hydrogens is 274 g/mol. The fourth-order valence-corrected chi connectivity index (χ4v) is 2.14. The highest BCUT2D eigenvalue weighted by molar-refractivity contribution is 6.02. The minimum atomic E-state index is -0.602. The number of fused-ring (bicyclic) bond motifs is 1. The van der Waals surface area contributed by atoms with Gasteiger partial charge in [0.2, 0.25) is 6.79 Å². The second-order valence-electron chi connectivity index (χ2n) is 4.55. The van der Waals surface area contributed by atoms with Gasteiger partial charge in [-0.05, 0) is 31.7 Å². The molecule has 0 fully saturated rings. The van der Waals surface area contributed by atoms with Crippen molar-refractivity contribution in [1.82, 2.24) is 5.32 Å². The maximum atomic E-state index is 12.5. The number of carbonyl (C=O) groups is 2. The van der Waals surface area contributed by atoms with Gasteiger partial charge in [-0.1, -0.05) is 6.92 Å². The summed E-state index contributed by atoms with van der Waals surface area (Å²) in [7, 11) is 0. The van der Waals surface area contributed by atoms with Gasteiger partial charge in [-0.3, -0.25) is 9.59 Å². The van der Waals surface area contributed by atoms with E-state index in [-0.39, 0.29) is 19.0 Å². The van der Waals surface area contributed by atoms with Gasteiger partial charge in [-0.25, -0.2) is 0 Å². The second-order valence-corrected chi connectivity index (χ2v) is 4.55. The van der Waals surface area contributed by atoms with Gasteiger partial charge >= 0.3 is 5.97 Å². The zero-order valence-electron chi connectivity index (χ0n) is 12.2. The zero-order valence-corrected chi connectivity index (χ0v) is 12.2. The number of Topliss-reactive ketones (excluding diaryl/α,β-unsaturated/α-hetero) is 1. The highest BCUT2D eigenvalue weighted by atomic mass is 16.7. The number of likely N-dealkylation sites (N-methyl/N-ethyl adjacent to an activating group) is 1. The van der Waals surface area contributed by atoms with Crippen molar-refractivity contribution >= 4 is 11.8 Å². The van der Waals surface area contributed by atoms with Crippen molar-refractivity contribution in [3.63, 3.8) is 0 Å². The number of ketones is 1. The van der Waals surface area contributed by atoms with Crippen molar-refractivity contribution in [2.24, 2.45) is 0 Å². The molecule has 0 saturated carbocycles. The highest BCUT2D eigenvalue weighted by Crippen LogP contribution is 2.32. The molecule has 1 aromatic rings. The van der Waals surface area contributed by atoms with Crippen LogP contribution in [0.3, 0.4) is 0 Å². The van der Waals surface area contributed by atoms with Gasteiger partial charge in [-0.2, -0.15) is 0 Å². The summed E-state index contributed by atoms with van der Waals surface area (Å²) in [6, 6.07) is 4.41. The fraction of sp³-hybridized carbons (Fsp3) is 0.467. The fourth-order valence-electron chi connectivity index (χ4n) is 2.14. The van der Waals surface area contributed by atoms with Crippen molar-refractivity contribution in [2.75, 3.05) is 19.9 Å². The lowest BCUT2D eigenvalue weighted by molar-refractivity contribution is -0.143. The predicted molar refractivity (Wildman–Crippen MR) is 75.6 cm³/mol. The van der Waals surface area contributed by atoms with Gasteiger partial charge in [0.15, 0.2) is 17.3 Å². The molecule has 0 saturated heterocycles. The molecule has 0 aromatic heterocycles. The summed E-state index contributed by atoms with van der Waals surface area (Å²) in [4.78, 5) is 24.1. The lowest BCUT2D eigenvalue weighted by Gasteiger charge is -2.16. The van der Waals surface area contributed by atoms with E-state index in [1.165, 1.54) is 0 Å². The summed E-state index contributed by atoms with van der Waals surface area (Å²) < 4.78 is 15.4. The Labute approximate surface area is 123 Å². The first kappa shape index (κ1) is 15.3. The summed E-state index contributed by atoms with van der Waals surface area (Å²) in [6.45, 7) is 4.66. The van der Waals surface area contributed by atoms with E-state index in [0.29, 0.717) is 30.2 Å². The van der Waals surface area contributed by atoms with E-state index in [1.807, 2.05) is 6.92 Å². The number of hydrogen-bond donors (Lipinski definition) is 1. The standard InChI is InChI=1S/C15H19NO5/c1-3-16-11(8-14(17)19-4-2)15(18)10-5-6-12-13(7-10)21-9-20-12/h5-7,11,16H,3-4,8-9H2,1-2H3. The van der Waals surface area contributed by atoms with Crippen LogP contribution >= 0.6 is 0 Å². The van der Waals surface area contributed by atoms with Crippen LogP contribution in [0.4, 0.5) is 0 Å². The molecule has 0 spiro atoms. The number of esters is 1. The number of hydrogen-bond acceptors (Lipinski definition) is 6. The van der Waals surface area contributed by atoms with Crippen LogP contribution in [0.5, 0.6) is 11.5 Å². The van der Waals surface area contributed by atoms with Gasteiger partial charge in [0.25, 0.3) is 0 Å². The average molecular weight is 293 g/mol. The summed E-state index contributed by atoms with van der Waals surface area (Å²) in [6.07, 6.45) is 0.00888. The molecule has 0 bridgehead atoms. The molecule has 114 valence electrons. The molecular formula is C15H19NO5. The number of nitrogens with one attached hydrogen (secondary N) is 1. The zero-order chi connectivity index (χ0) is 15.2. The van der Waals surface area contributed by atoms with E-state index in [1.54, 1.807) is 25.1 Å². The molecule has 1 aliphatic rings. The van der Waals surface area contributed by atoms with Crippen LogP contribution < -0.4 is 14.8 Å². The van der Waals surface area contributed by atoms with E-state index in [4.69, 9.17) is 14.2 Å². The molecule has 6 nitrogen and oxygen atoms in total. The smallest absolute Gasteiger partial charge is 0.307 e. The van der Waals surface area contributed by atoms with E-state index in [0.717, 1.165) is 0 Å². The Hall–Kier alpha value is -2.08. The third-order valence-corrected chi connectivity index (χ3v) is 3.10. The van der Waals surface area contributed by atoms with Gasteiger partial charge < -0.3 is 19.5 Å². The molecule has 2 rings (SSSR count). The van der Waals surface area contributed by atoms with Crippen LogP contribution in [0.1, 0.15) is 30.6 Å². The SMILES string of the molecule is CCNC(CC(=O)OCC)C(=O)c1ccc2c(c1)OCO2. The van der Waals surface area contributed by atoms with E-state index in [9.17, 15) is 9.59 Å². The van der Waals surface area contributed by atoms with Crippen molar-refractivity contribution in [1.29, 1.82) is 0 Å². The van der Waals surface area contributed by atoms with Crippen molar-refractivity contribution in [3.8, 4) is 11.5 Å². The third-order valence-electron chi connectivity index (χ3n) is 3.10. The Balaban J connectivity index is 2.12. The predicted octanol–water partition coefficient (Wildman–Crippen LogP) is 1.53. The molecule has 0 amide bonds. The molecule has 1 unspecified atom stereocenters. The number of benzene rings is 1. The molecule has 1 aliphatic heterocycles. The normalized spacial score (nSPS) is 13.8. The second kappa shape index (κ2) is 7.08. The van der Waals surface area contributed by atoms with Crippen LogP contribution in [-0.4, -0.2) is 37.7 Å². The Morgan fingerprint density at radius 2 is 2.05 bits per heavy atom. The lowest BCUT2D eigenvalue weighted by atomic mass is 10.0. The molecule has 1 N–H and O–H groups in total. The maximum Gasteiger partial charge on any atom is 0.307 e. The molecule has 1 aromatic carbocycles. The first-order valence-corrected chi connectivity index (χ1v) is 6.98. The Kier molecular flexibility index (Phi) is 5.16. The average Bonchev–Trinajstić information content (AvgIpc) is 2.93. The van der Waals surface area contributed by atoms with Crippen LogP contribution in [0.2, 0.25) is 0 Å². The minimum absolute atomic E-state index is 0.00888. The van der Waals surface area contributed by atoms with E-state index < -0.39 is 12.0 Å².